The molecule has 1 aliphatic heterocycles. The summed E-state index contributed by atoms with van der Waals surface area (Å²) in [5.41, 5.74) is 5.64. The molecule has 5 nitrogen and oxygen atoms in total. The van der Waals surface area contributed by atoms with E-state index in [1.807, 2.05) is 25.7 Å². The van der Waals surface area contributed by atoms with E-state index in [0.29, 0.717) is 13.2 Å². The van der Waals surface area contributed by atoms with Crippen LogP contribution in [-0.4, -0.2) is 47.9 Å². The Bertz CT molecular complexity index is 335. The maximum Gasteiger partial charge on any atom is 0.410 e. The molecule has 0 radical (unpaired) electrons. The van der Waals surface area contributed by atoms with Gasteiger partial charge in [0.2, 0.25) is 0 Å². The lowest BCUT2D eigenvalue weighted by atomic mass is 9.93. The first-order chi connectivity index (χ1) is 9.38. The molecule has 1 amide bonds. The Hall–Kier alpha value is -0.810. The Morgan fingerprint density at radius 2 is 1.85 bits per heavy atom. The van der Waals surface area contributed by atoms with Crippen LogP contribution in [0.4, 0.5) is 4.79 Å². The standard InChI is InChI=1S/C15H28N2O3/c1-15(2,3)20-14(18)17(11-7-5-4-6-8-11)13-10-19-9-12(13)16/h11-13H,4-10,16H2,1-3H3/t12-,13-/m0/s1. The van der Waals surface area contributed by atoms with Crippen molar-refractivity contribution in [3.8, 4) is 0 Å². The van der Waals surface area contributed by atoms with Gasteiger partial charge < -0.3 is 15.2 Å². The lowest BCUT2D eigenvalue weighted by Gasteiger charge is -2.39. The summed E-state index contributed by atoms with van der Waals surface area (Å²) in [4.78, 5) is 14.5. The molecule has 2 fully saturated rings. The Morgan fingerprint density at radius 1 is 1.20 bits per heavy atom. The molecule has 0 bridgehead atoms. The third-order valence-corrected chi connectivity index (χ3v) is 4.02. The van der Waals surface area contributed by atoms with Gasteiger partial charge in [0.15, 0.2) is 0 Å². The zero-order valence-corrected chi connectivity index (χ0v) is 12.9. The molecule has 20 heavy (non-hydrogen) atoms. The first-order valence-corrected chi connectivity index (χ1v) is 7.73. The van der Waals surface area contributed by atoms with Crippen LogP contribution in [0.5, 0.6) is 0 Å². The number of amides is 1. The second kappa shape index (κ2) is 6.31. The Labute approximate surface area is 121 Å². The quantitative estimate of drug-likeness (QED) is 0.845. The van der Waals surface area contributed by atoms with Crippen LogP contribution in [-0.2, 0) is 9.47 Å². The van der Waals surface area contributed by atoms with Gasteiger partial charge >= 0.3 is 6.09 Å². The number of carbonyl (C=O) groups excluding carboxylic acids is 1. The molecule has 1 heterocycles. The first-order valence-electron chi connectivity index (χ1n) is 7.73. The summed E-state index contributed by atoms with van der Waals surface area (Å²) in [7, 11) is 0. The van der Waals surface area contributed by atoms with E-state index >= 15 is 0 Å². The maximum absolute atomic E-state index is 12.6. The fraction of sp³-hybridized carbons (Fsp3) is 0.933. The highest BCUT2D eigenvalue weighted by molar-refractivity contribution is 5.69. The van der Waals surface area contributed by atoms with E-state index in [2.05, 4.69) is 0 Å². The van der Waals surface area contributed by atoms with Gasteiger partial charge in [-0.1, -0.05) is 19.3 Å². The van der Waals surface area contributed by atoms with Crippen LogP contribution in [0, 0.1) is 0 Å². The number of rotatable bonds is 2. The normalized spacial score (nSPS) is 28.4. The highest BCUT2D eigenvalue weighted by atomic mass is 16.6. The third-order valence-electron chi connectivity index (χ3n) is 4.02. The third kappa shape index (κ3) is 3.85. The fourth-order valence-corrected chi connectivity index (χ4v) is 3.08. The minimum atomic E-state index is -0.479. The second-order valence-electron chi connectivity index (χ2n) is 6.95. The molecule has 0 aromatic carbocycles. The summed E-state index contributed by atoms with van der Waals surface area (Å²) in [5.74, 6) is 0. The van der Waals surface area contributed by atoms with Crippen LogP contribution >= 0.6 is 0 Å². The highest BCUT2D eigenvalue weighted by Gasteiger charge is 2.40. The molecular weight excluding hydrogens is 256 g/mol. The lowest BCUT2D eigenvalue weighted by molar-refractivity contribution is -0.00263. The summed E-state index contributed by atoms with van der Waals surface area (Å²) in [6.45, 7) is 6.74. The molecular formula is C15H28N2O3. The van der Waals surface area contributed by atoms with Crippen molar-refractivity contribution in [3.63, 3.8) is 0 Å². The second-order valence-corrected chi connectivity index (χ2v) is 6.95. The van der Waals surface area contributed by atoms with Gasteiger partial charge in [-0.15, -0.1) is 0 Å². The molecule has 116 valence electrons. The minimum absolute atomic E-state index is 0.0482. The van der Waals surface area contributed by atoms with Crippen LogP contribution in [0.1, 0.15) is 52.9 Å². The highest BCUT2D eigenvalue weighted by Crippen LogP contribution is 2.28. The monoisotopic (exact) mass is 284 g/mol. The number of hydrogen-bond donors (Lipinski definition) is 1. The molecule has 1 saturated heterocycles. The summed E-state index contributed by atoms with van der Waals surface area (Å²) in [5, 5.41) is 0. The van der Waals surface area contributed by atoms with E-state index in [4.69, 9.17) is 15.2 Å². The van der Waals surface area contributed by atoms with E-state index in [0.717, 1.165) is 12.8 Å². The van der Waals surface area contributed by atoms with Crippen LogP contribution in [0.2, 0.25) is 0 Å². The van der Waals surface area contributed by atoms with Gasteiger partial charge in [0.05, 0.1) is 25.3 Å². The van der Waals surface area contributed by atoms with E-state index in [1.54, 1.807) is 0 Å². The van der Waals surface area contributed by atoms with Gasteiger partial charge in [0.1, 0.15) is 5.60 Å². The van der Waals surface area contributed by atoms with E-state index in [-0.39, 0.29) is 24.2 Å². The van der Waals surface area contributed by atoms with E-state index in [1.165, 1.54) is 19.3 Å². The smallest absolute Gasteiger partial charge is 0.410 e. The van der Waals surface area contributed by atoms with Crippen molar-refractivity contribution in [2.24, 2.45) is 5.73 Å². The molecule has 2 rings (SSSR count). The predicted octanol–water partition coefficient (Wildman–Crippen LogP) is 2.28. The maximum atomic E-state index is 12.6. The number of carbonyl (C=O) groups is 1. The minimum Gasteiger partial charge on any atom is -0.444 e. The molecule has 0 spiro atoms. The average Bonchev–Trinajstić information content (AvgIpc) is 2.75. The molecule has 2 atom stereocenters. The number of ether oxygens (including phenoxy) is 2. The van der Waals surface area contributed by atoms with Crippen LogP contribution < -0.4 is 5.73 Å². The van der Waals surface area contributed by atoms with Gasteiger partial charge in [0.25, 0.3) is 0 Å². The van der Waals surface area contributed by atoms with Crippen molar-refractivity contribution in [2.45, 2.75) is 76.6 Å². The molecule has 5 heteroatoms. The van der Waals surface area contributed by atoms with Crippen molar-refractivity contribution in [1.29, 1.82) is 0 Å². The summed E-state index contributed by atoms with van der Waals surface area (Å²) in [6, 6.07) is 0.0914. The van der Waals surface area contributed by atoms with Gasteiger partial charge in [-0.3, -0.25) is 4.90 Å². The fourth-order valence-electron chi connectivity index (χ4n) is 3.08. The topological polar surface area (TPSA) is 64.8 Å². The molecule has 2 aliphatic rings. The van der Waals surface area contributed by atoms with Crippen molar-refractivity contribution < 1.29 is 14.3 Å². The average molecular weight is 284 g/mol. The molecule has 1 saturated carbocycles. The Balaban J connectivity index is 2.12. The molecule has 0 unspecified atom stereocenters. The number of nitrogens with two attached hydrogens (primary N) is 1. The Kier molecular flexibility index (Phi) is 4.91. The van der Waals surface area contributed by atoms with Crippen molar-refractivity contribution in [3.05, 3.63) is 0 Å². The number of nitrogens with zero attached hydrogens (tertiary/aromatic N) is 1. The molecule has 1 aliphatic carbocycles. The summed E-state index contributed by atoms with van der Waals surface area (Å²) < 4.78 is 11.0. The zero-order chi connectivity index (χ0) is 14.8. The zero-order valence-electron chi connectivity index (χ0n) is 12.9. The van der Waals surface area contributed by atoms with E-state index < -0.39 is 5.60 Å². The molecule has 2 N–H and O–H groups in total. The van der Waals surface area contributed by atoms with Crippen molar-refractivity contribution in [1.82, 2.24) is 4.90 Å². The van der Waals surface area contributed by atoms with Gasteiger partial charge in [-0.05, 0) is 33.6 Å². The van der Waals surface area contributed by atoms with Crippen molar-refractivity contribution >= 4 is 6.09 Å². The van der Waals surface area contributed by atoms with Crippen LogP contribution in [0.15, 0.2) is 0 Å². The van der Waals surface area contributed by atoms with Crippen LogP contribution in [0.3, 0.4) is 0 Å². The molecule has 0 aromatic heterocycles. The van der Waals surface area contributed by atoms with Gasteiger partial charge in [-0.25, -0.2) is 4.79 Å². The largest absolute Gasteiger partial charge is 0.444 e. The first kappa shape index (κ1) is 15.6. The summed E-state index contributed by atoms with van der Waals surface area (Å²) >= 11 is 0. The predicted molar refractivity (Wildman–Crippen MR) is 77.5 cm³/mol. The lowest BCUT2D eigenvalue weighted by Crippen LogP contribution is -2.55. The van der Waals surface area contributed by atoms with Crippen LogP contribution in [0.25, 0.3) is 0 Å². The summed E-state index contributed by atoms with van der Waals surface area (Å²) in [6.07, 6.45) is 5.45. The number of hydrogen-bond acceptors (Lipinski definition) is 4. The molecule has 0 aromatic rings. The Morgan fingerprint density at radius 3 is 2.35 bits per heavy atom. The van der Waals surface area contributed by atoms with Gasteiger partial charge in [0, 0.05) is 6.04 Å². The SMILES string of the molecule is CC(C)(C)OC(=O)N(C1CCCCC1)[C@H]1COC[C@@H]1N. The van der Waals surface area contributed by atoms with E-state index in [9.17, 15) is 4.79 Å². The van der Waals surface area contributed by atoms with Crippen molar-refractivity contribution in [2.75, 3.05) is 13.2 Å². The van der Waals surface area contributed by atoms with Gasteiger partial charge in [-0.2, -0.15) is 0 Å².